The number of carbonyl (C=O) groups is 3. The van der Waals surface area contributed by atoms with Crippen LogP contribution >= 0.6 is 0 Å². The Kier molecular flexibility index (Phi) is 32.5. The van der Waals surface area contributed by atoms with Gasteiger partial charge in [-0.3, -0.25) is 14.4 Å². The molecule has 0 saturated heterocycles. The van der Waals surface area contributed by atoms with Crippen LogP contribution in [-0.4, -0.2) is 62.8 Å². The van der Waals surface area contributed by atoms with Gasteiger partial charge in [0.25, 0.3) is 0 Å². The second kappa shape index (κ2) is 33.5. The van der Waals surface area contributed by atoms with Gasteiger partial charge in [-0.25, -0.2) is 0 Å². The molecule has 0 rings (SSSR count). The van der Waals surface area contributed by atoms with Crippen molar-refractivity contribution in [1.82, 2.24) is 4.90 Å². The Labute approximate surface area is 335 Å². The highest BCUT2D eigenvalue weighted by Crippen LogP contribution is 2.29. The van der Waals surface area contributed by atoms with Gasteiger partial charge in [0.15, 0.2) is 0 Å². The average molecular weight is 766 g/mol. The summed E-state index contributed by atoms with van der Waals surface area (Å²) in [6, 6.07) is 0. The Morgan fingerprint density at radius 1 is 0.500 bits per heavy atom. The maximum absolute atomic E-state index is 13.1. The predicted molar refractivity (Wildman–Crippen MR) is 228 cm³/mol. The molecule has 0 amide bonds. The summed E-state index contributed by atoms with van der Waals surface area (Å²) in [7, 11) is 4.04. The molecule has 0 aromatic rings. The van der Waals surface area contributed by atoms with E-state index in [0.717, 1.165) is 96.4 Å². The molecule has 7 heteroatoms. The van der Waals surface area contributed by atoms with E-state index in [4.69, 9.17) is 14.2 Å². The van der Waals surface area contributed by atoms with Gasteiger partial charge in [-0.15, -0.1) is 0 Å². The van der Waals surface area contributed by atoms with Crippen LogP contribution in [0.4, 0.5) is 0 Å². The highest BCUT2D eigenvalue weighted by molar-refractivity contribution is 5.76. The van der Waals surface area contributed by atoms with Gasteiger partial charge in [-0.2, -0.15) is 0 Å². The lowest BCUT2D eigenvalue weighted by Crippen LogP contribution is -2.27. The van der Waals surface area contributed by atoms with Crippen LogP contribution < -0.4 is 0 Å². The molecule has 0 aromatic carbocycles. The maximum atomic E-state index is 13.1. The normalized spacial score (nSPS) is 13.2. The smallest absolute Gasteiger partial charge is 0.311 e. The molecule has 7 nitrogen and oxygen atoms in total. The molecule has 0 heterocycles. The largest absolute Gasteiger partial charge is 0.465 e. The fraction of sp³-hybridized carbons (Fsp3) is 0.936. The standard InChI is InChI=1S/C47H91NO6/c1-10-13-16-18-19-20-28-39-52-44(50)46(4,5)36-26-21-24-32-42(54-43(49)34-29-38-48(8)9)33-25-22-27-37-47(6,7)45(51)53-40-35-41(30-15-12-3)31-23-17-14-11-2/h41-42H,10-40H2,1-9H3. The Balaban J connectivity index is 4.68. The van der Waals surface area contributed by atoms with Crippen molar-refractivity contribution in [2.24, 2.45) is 16.7 Å². The van der Waals surface area contributed by atoms with Gasteiger partial charge in [0.2, 0.25) is 0 Å². The minimum Gasteiger partial charge on any atom is -0.465 e. The number of nitrogens with zero attached hydrogens (tertiary/aromatic N) is 1. The lowest BCUT2D eigenvalue weighted by molar-refractivity contribution is -0.155. The SMILES string of the molecule is CCCCCCCCCOC(=O)C(C)(C)CCCCCC(CCCCCC(C)(C)C(=O)OCCC(CCCC)CCCCCC)OC(=O)CCCN(C)C. The molecule has 0 N–H and O–H groups in total. The molecule has 0 saturated carbocycles. The van der Waals surface area contributed by atoms with E-state index in [2.05, 4.69) is 25.7 Å². The van der Waals surface area contributed by atoms with Crippen LogP contribution in [0.5, 0.6) is 0 Å². The first-order chi connectivity index (χ1) is 25.8. The summed E-state index contributed by atoms with van der Waals surface area (Å²) in [5.74, 6) is 0.400. The third-order valence-corrected chi connectivity index (χ3v) is 11.2. The zero-order valence-electron chi connectivity index (χ0n) is 37.5. The fourth-order valence-corrected chi connectivity index (χ4v) is 7.20. The van der Waals surface area contributed by atoms with Crippen molar-refractivity contribution >= 4 is 17.9 Å². The molecule has 0 fully saturated rings. The molecule has 0 aliphatic carbocycles. The molecular weight excluding hydrogens is 675 g/mol. The van der Waals surface area contributed by atoms with Crippen LogP contribution in [-0.2, 0) is 28.6 Å². The summed E-state index contributed by atoms with van der Waals surface area (Å²) in [5.41, 5.74) is -0.975. The Bertz CT molecular complexity index is 916. The number of esters is 3. The first-order valence-electron chi connectivity index (χ1n) is 23.0. The molecule has 2 atom stereocenters. The molecule has 0 spiro atoms. The van der Waals surface area contributed by atoms with Crippen LogP contribution in [0.15, 0.2) is 0 Å². The third kappa shape index (κ3) is 29.6. The van der Waals surface area contributed by atoms with E-state index in [1.54, 1.807) is 0 Å². The minimum atomic E-state index is -0.494. The number of hydrogen-bond acceptors (Lipinski definition) is 7. The van der Waals surface area contributed by atoms with Crippen LogP contribution in [0.1, 0.15) is 228 Å². The highest BCUT2D eigenvalue weighted by atomic mass is 16.5. The number of hydrogen-bond donors (Lipinski definition) is 0. The van der Waals surface area contributed by atoms with Crippen molar-refractivity contribution in [1.29, 1.82) is 0 Å². The lowest BCUT2D eigenvalue weighted by atomic mass is 9.86. The summed E-state index contributed by atoms with van der Waals surface area (Å²) < 4.78 is 17.5. The van der Waals surface area contributed by atoms with Gasteiger partial charge >= 0.3 is 17.9 Å². The number of carbonyl (C=O) groups excluding carboxylic acids is 3. The van der Waals surface area contributed by atoms with Crippen LogP contribution in [0, 0.1) is 16.7 Å². The van der Waals surface area contributed by atoms with Crippen LogP contribution in [0.25, 0.3) is 0 Å². The van der Waals surface area contributed by atoms with E-state index < -0.39 is 10.8 Å². The van der Waals surface area contributed by atoms with Crippen molar-refractivity contribution in [3.8, 4) is 0 Å². The Morgan fingerprint density at radius 3 is 1.48 bits per heavy atom. The first kappa shape index (κ1) is 52.4. The maximum Gasteiger partial charge on any atom is 0.311 e. The Morgan fingerprint density at radius 2 is 0.944 bits per heavy atom. The number of rotatable bonds is 38. The summed E-state index contributed by atoms with van der Waals surface area (Å²) in [4.78, 5) is 40.6. The molecule has 54 heavy (non-hydrogen) atoms. The predicted octanol–water partition coefficient (Wildman–Crippen LogP) is 13.2. The van der Waals surface area contributed by atoms with E-state index in [1.165, 1.54) is 83.5 Å². The topological polar surface area (TPSA) is 82.1 Å². The van der Waals surface area contributed by atoms with Gasteiger partial charge in [-0.05, 0) is 112 Å². The Hall–Kier alpha value is -1.63. The molecule has 0 bridgehead atoms. The summed E-state index contributed by atoms with van der Waals surface area (Å²) >= 11 is 0. The van der Waals surface area contributed by atoms with Crippen LogP contribution in [0.3, 0.4) is 0 Å². The quantitative estimate of drug-likeness (QED) is 0.0352. The van der Waals surface area contributed by atoms with E-state index in [0.29, 0.717) is 25.6 Å². The molecule has 0 aliphatic rings. The number of unbranched alkanes of at least 4 members (excludes halogenated alkanes) is 14. The highest BCUT2D eigenvalue weighted by Gasteiger charge is 2.30. The van der Waals surface area contributed by atoms with E-state index in [-0.39, 0.29) is 24.0 Å². The molecule has 0 aliphatic heterocycles. The van der Waals surface area contributed by atoms with Gasteiger partial charge in [0, 0.05) is 6.42 Å². The molecule has 0 aromatic heterocycles. The fourth-order valence-electron chi connectivity index (χ4n) is 7.20. The van der Waals surface area contributed by atoms with Crippen molar-refractivity contribution in [2.45, 2.75) is 234 Å². The molecule has 2 unspecified atom stereocenters. The second-order valence-electron chi connectivity index (χ2n) is 18.0. The van der Waals surface area contributed by atoms with Gasteiger partial charge in [0.05, 0.1) is 24.0 Å². The third-order valence-electron chi connectivity index (χ3n) is 11.2. The number of ether oxygens (including phenoxy) is 3. The lowest BCUT2D eigenvalue weighted by Gasteiger charge is -2.24. The van der Waals surface area contributed by atoms with Gasteiger partial charge in [-0.1, -0.05) is 136 Å². The zero-order valence-corrected chi connectivity index (χ0v) is 37.5. The first-order valence-corrected chi connectivity index (χ1v) is 23.0. The zero-order chi connectivity index (χ0) is 40.5. The summed E-state index contributed by atoms with van der Waals surface area (Å²) in [6.07, 6.45) is 29.8. The van der Waals surface area contributed by atoms with Crippen LogP contribution in [0.2, 0.25) is 0 Å². The van der Waals surface area contributed by atoms with Gasteiger partial charge in [0.1, 0.15) is 6.10 Å². The molecular formula is C47H91NO6. The summed E-state index contributed by atoms with van der Waals surface area (Å²) in [5, 5.41) is 0. The van der Waals surface area contributed by atoms with E-state index >= 15 is 0 Å². The summed E-state index contributed by atoms with van der Waals surface area (Å²) in [6.45, 7) is 16.7. The van der Waals surface area contributed by atoms with Crippen molar-refractivity contribution in [3.05, 3.63) is 0 Å². The van der Waals surface area contributed by atoms with Crippen molar-refractivity contribution < 1.29 is 28.6 Å². The van der Waals surface area contributed by atoms with E-state index in [1.807, 2.05) is 41.8 Å². The van der Waals surface area contributed by atoms with Crippen molar-refractivity contribution in [3.63, 3.8) is 0 Å². The minimum absolute atomic E-state index is 0.0724. The molecule has 320 valence electrons. The monoisotopic (exact) mass is 766 g/mol. The van der Waals surface area contributed by atoms with Gasteiger partial charge < -0.3 is 19.1 Å². The average Bonchev–Trinajstić information content (AvgIpc) is 3.12. The second-order valence-corrected chi connectivity index (χ2v) is 18.0. The van der Waals surface area contributed by atoms with E-state index in [9.17, 15) is 14.4 Å². The van der Waals surface area contributed by atoms with Crippen molar-refractivity contribution in [2.75, 3.05) is 33.9 Å². The molecule has 0 radical (unpaired) electrons.